The Morgan fingerprint density at radius 1 is 0.944 bits per heavy atom. The van der Waals surface area contributed by atoms with Crippen molar-refractivity contribution in [3.05, 3.63) is 34.9 Å². The predicted molar refractivity (Wildman–Crippen MR) is 71.8 cm³/mol. The number of rotatable bonds is 3. The fourth-order valence-electron chi connectivity index (χ4n) is 2.66. The fourth-order valence-corrected chi connectivity index (χ4v) is 2.66. The molecule has 1 aliphatic carbocycles. The molecule has 1 aliphatic rings. The SMILES string of the molecule is CCc1cc(CC)cc(C2CC(=O)CC(=O)C2)c1. The van der Waals surface area contributed by atoms with Gasteiger partial charge in [0.25, 0.3) is 0 Å². The number of carbonyl (C=O) groups is 2. The van der Waals surface area contributed by atoms with Crippen LogP contribution in [0.4, 0.5) is 0 Å². The molecule has 0 unspecified atom stereocenters. The van der Waals surface area contributed by atoms with Gasteiger partial charge in [0.1, 0.15) is 11.6 Å². The summed E-state index contributed by atoms with van der Waals surface area (Å²) in [6, 6.07) is 6.54. The maximum atomic E-state index is 11.5. The third-order valence-corrected chi connectivity index (χ3v) is 3.71. The molecule has 0 radical (unpaired) electrons. The van der Waals surface area contributed by atoms with Crippen LogP contribution in [0.15, 0.2) is 18.2 Å². The number of carbonyl (C=O) groups excluding carboxylic acids is 2. The summed E-state index contributed by atoms with van der Waals surface area (Å²) in [5, 5.41) is 0. The molecule has 0 aliphatic heterocycles. The maximum Gasteiger partial charge on any atom is 0.140 e. The van der Waals surface area contributed by atoms with E-state index in [0.717, 1.165) is 12.8 Å². The quantitative estimate of drug-likeness (QED) is 0.765. The van der Waals surface area contributed by atoms with E-state index in [4.69, 9.17) is 0 Å². The predicted octanol–water partition coefficient (Wildman–Crippen LogP) is 3.22. The highest BCUT2D eigenvalue weighted by atomic mass is 16.1. The lowest BCUT2D eigenvalue weighted by molar-refractivity contribution is -0.130. The third-order valence-electron chi connectivity index (χ3n) is 3.71. The summed E-state index contributed by atoms with van der Waals surface area (Å²) in [5.41, 5.74) is 3.78. The third kappa shape index (κ3) is 2.87. The molecule has 0 saturated heterocycles. The number of aryl methyl sites for hydroxylation is 2. The van der Waals surface area contributed by atoms with Crippen molar-refractivity contribution in [1.29, 1.82) is 0 Å². The molecule has 96 valence electrons. The number of Topliss-reactive ketones (excluding diaryl/α,β-unsaturated/α-hetero) is 2. The van der Waals surface area contributed by atoms with Crippen molar-refractivity contribution in [2.45, 2.75) is 51.9 Å². The molecule has 0 bridgehead atoms. The molecule has 2 rings (SSSR count). The molecule has 0 amide bonds. The lowest BCUT2D eigenvalue weighted by Crippen LogP contribution is -2.21. The van der Waals surface area contributed by atoms with E-state index in [0.29, 0.717) is 12.8 Å². The summed E-state index contributed by atoms with van der Waals surface area (Å²) in [6.45, 7) is 4.27. The average Bonchev–Trinajstić information content (AvgIpc) is 2.37. The molecule has 1 aromatic carbocycles. The molecule has 18 heavy (non-hydrogen) atoms. The van der Waals surface area contributed by atoms with Gasteiger partial charge in [0.2, 0.25) is 0 Å². The second-order valence-electron chi connectivity index (χ2n) is 5.15. The van der Waals surface area contributed by atoms with Crippen molar-refractivity contribution in [3.63, 3.8) is 0 Å². The normalized spacial score (nSPS) is 17.2. The van der Waals surface area contributed by atoms with Gasteiger partial charge >= 0.3 is 0 Å². The minimum atomic E-state index is 0.0937. The summed E-state index contributed by atoms with van der Waals surface area (Å²) in [6.07, 6.45) is 3.19. The largest absolute Gasteiger partial charge is 0.299 e. The average molecular weight is 244 g/mol. The Hall–Kier alpha value is -1.44. The van der Waals surface area contributed by atoms with Gasteiger partial charge in [0.05, 0.1) is 6.42 Å². The monoisotopic (exact) mass is 244 g/mol. The number of hydrogen-bond acceptors (Lipinski definition) is 2. The van der Waals surface area contributed by atoms with Gasteiger partial charge in [-0.05, 0) is 35.4 Å². The van der Waals surface area contributed by atoms with E-state index >= 15 is 0 Å². The standard InChI is InChI=1S/C16H20O2/c1-3-11-5-12(4-2)7-13(6-11)14-8-15(17)10-16(18)9-14/h5-7,14H,3-4,8-10H2,1-2H3. The van der Waals surface area contributed by atoms with Crippen LogP contribution in [-0.4, -0.2) is 11.6 Å². The van der Waals surface area contributed by atoms with Gasteiger partial charge in [-0.25, -0.2) is 0 Å². The highest BCUT2D eigenvalue weighted by molar-refractivity contribution is 6.02. The summed E-state index contributed by atoms with van der Waals surface area (Å²) >= 11 is 0. The van der Waals surface area contributed by atoms with E-state index in [-0.39, 0.29) is 23.9 Å². The Labute approximate surface area is 108 Å². The van der Waals surface area contributed by atoms with E-state index in [9.17, 15) is 9.59 Å². The second kappa shape index (κ2) is 5.47. The van der Waals surface area contributed by atoms with Crippen LogP contribution < -0.4 is 0 Å². The van der Waals surface area contributed by atoms with Crippen LogP contribution in [0.5, 0.6) is 0 Å². The first-order chi connectivity index (χ1) is 8.62. The van der Waals surface area contributed by atoms with Crippen LogP contribution >= 0.6 is 0 Å². The van der Waals surface area contributed by atoms with E-state index in [1.54, 1.807) is 0 Å². The van der Waals surface area contributed by atoms with Gasteiger partial charge in [-0.2, -0.15) is 0 Å². The second-order valence-corrected chi connectivity index (χ2v) is 5.15. The zero-order valence-electron chi connectivity index (χ0n) is 11.2. The Morgan fingerprint density at radius 2 is 1.44 bits per heavy atom. The van der Waals surface area contributed by atoms with Gasteiger partial charge < -0.3 is 0 Å². The van der Waals surface area contributed by atoms with Crippen molar-refractivity contribution in [2.24, 2.45) is 0 Å². The van der Waals surface area contributed by atoms with Crippen LogP contribution in [-0.2, 0) is 22.4 Å². The topological polar surface area (TPSA) is 34.1 Å². The van der Waals surface area contributed by atoms with Gasteiger partial charge in [-0.1, -0.05) is 32.0 Å². The number of hydrogen-bond donors (Lipinski definition) is 0. The van der Waals surface area contributed by atoms with Gasteiger partial charge in [-0.3, -0.25) is 9.59 Å². The van der Waals surface area contributed by atoms with Gasteiger partial charge in [0.15, 0.2) is 0 Å². The smallest absolute Gasteiger partial charge is 0.140 e. The number of ketones is 2. The van der Waals surface area contributed by atoms with E-state index in [1.165, 1.54) is 16.7 Å². The highest BCUT2D eigenvalue weighted by Crippen LogP contribution is 2.30. The Morgan fingerprint density at radius 3 is 1.89 bits per heavy atom. The van der Waals surface area contributed by atoms with Crippen LogP contribution in [0.25, 0.3) is 0 Å². The van der Waals surface area contributed by atoms with Crippen molar-refractivity contribution >= 4 is 11.6 Å². The van der Waals surface area contributed by atoms with Crippen molar-refractivity contribution in [3.8, 4) is 0 Å². The molecule has 0 spiro atoms. The molecule has 1 fully saturated rings. The molecular formula is C16H20O2. The Kier molecular flexibility index (Phi) is 3.95. The molecule has 0 heterocycles. The lowest BCUT2D eigenvalue weighted by atomic mass is 9.81. The van der Waals surface area contributed by atoms with Crippen LogP contribution in [0.3, 0.4) is 0 Å². The lowest BCUT2D eigenvalue weighted by Gasteiger charge is -2.21. The van der Waals surface area contributed by atoms with Crippen LogP contribution in [0, 0.1) is 0 Å². The zero-order chi connectivity index (χ0) is 13.1. The Bertz CT molecular complexity index is 436. The van der Waals surface area contributed by atoms with Crippen LogP contribution in [0.2, 0.25) is 0 Å². The summed E-state index contributed by atoms with van der Waals surface area (Å²) in [7, 11) is 0. The summed E-state index contributed by atoms with van der Waals surface area (Å²) < 4.78 is 0. The van der Waals surface area contributed by atoms with Crippen molar-refractivity contribution in [1.82, 2.24) is 0 Å². The minimum Gasteiger partial charge on any atom is -0.299 e. The van der Waals surface area contributed by atoms with Gasteiger partial charge in [0, 0.05) is 12.8 Å². The summed E-state index contributed by atoms with van der Waals surface area (Å²) in [5.74, 6) is 0.294. The molecule has 0 N–H and O–H groups in total. The summed E-state index contributed by atoms with van der Waals surface area (Å²) in [4.78, 5) is 23.1. The van der Waals surface area contributed by atoms with Crippen LogP contribution in [0.1, 0.15) is 55.7 Å². The van der Waals surface area contributed by atoms with Gasteiger partial charge in [-0.15, -0.1) is 0 Å². The molecule has 2 heteroatoms. The first-order valence-corrected chi connectivity index (χ1v) is 6.78. The molecular weight excluding hydrogens is 224 g/mol. The first kappa shape index (κ1) is 13.0. The minimum absolute atomic E-state index is 0.0937. The van der Waals surface area contributed by atoms with E-state index < -0.39 is 0 Å². The molecule has 1 aromatic rings. The molecule has 2 nitrogen and oxygen atoms in total. The van der Waals surface area contributed by atoms with E-state index in [2.05, 4.69) is 32.0 Å². The fraction of sp³-hybridized carbons (Fsp3) is 0.500. The van der Waals surface area contributed by atoms with E-state index in [1.807, 2.05) is 0 Å². The molecule has 0 atom stereocenters. The maximum absolute atomic E-state index is 11.5. The van der Waals surface area contributed by atoms with Crippen molar-refractivity contribution < 1.29 is 9.59 Å². The van der Waals surface area contributed by atoms with Crippen molar-refractivity contribution in [2.75, 3.05) is 0 Å². The molecule has 0 aromatic heterocycles. The first-order valence-electron chi connectivity index (χ1n) is 6.78. The highest BCUT2D eigenvalue weighted by Gasteiger charge is 2.26. The number of benzene rings is 1. The Balaban J connectivity index is 2.31. The molecule has 1 saturated carbocycles. The zero-order valence-corrected chi connectivity index (χ0v) is 11.2.